The standard InChI is InChI=1S/C18H19N3O2S/c1-21(2)10-9-19-17(22)12-7-8-16-14(11-12)20-18(23)13-5-3-4-6-15(13)24-16/h3-8,11H,9-10H2,1-2H3,(H,19,22)(H,20,23)/p+1. The minimum Gasteiger partial charge on any atom is -0.346 e. The van der Waals surface area contributed by atoms with E-state index in [1.54, 1.807) is 18.2 Å². The molecule has 2 aromatic carbocycles. The summed E-state index contributed by atoms with van der Waals surface area (Å²) in [4.78, 5) is 27.8. The number of anilines is 1. The number of benzene rings is 2. The maximum Gasteiger partial charge on any atom is 0.256 e. The Hall–Kier alpha value is -2.31. The SMILES string of the molecule is C[NH+](C)CCNC(=O)c1ccc2c(c1)NC(=O)c1ccccc1S2. The molecule has 1 heterocycles. The molecule has 3 rings (SSSR count). The molecule has 0 saturated heterocycles. The number of rotatable bonds is 4. The fourth-order valence-corrected chi connectivity index (χ4v) is 3.45. The highest BCUT2D eigenvalue weighted by Crippen LogP contribution is 2.38. The summed E-state index contributed by atoms with van der Waals surface area (Å²) in [7, 11) is 4.08. The van der Waals surface area contributed by atoms with Gasteiger partial charge in [0.25, 0.3) is 11.8 Å². The predicted molar refractivity (Wildman–Crippen MR) is 95.0 cm³/mol. The summed E-state index contributed by atoms with van der Waals surface area (Å²) in [6, 6.07) is 12.9. The van der Waals surface area contributed by atoms with Crippen LogP contribution >= 0.6 is 11.8 Å². The number of carbonyl (C=O) groups excluding carboxylic acids is 2. The van der Waals surface area contributed by atoms with Crippen molar-refractivity contribution in [2.45, 2.75) is 9.79 Å². The molecule has 0 fully saturated rings. The van der Waals surface area contributed by atoms with Crippen LogP contribution in [0.15, 0.2) is 52.3 Å². The van der Waals surface area contributed by atoms with E-state index in [1.807, 2.05) is 38.4 Å². The van der Waals surface area contributed by atoms with Gasteiger partial charge in [-0.2, -0.15) is 0 Å². The van der Waals surface area contributed by atoms with Crippen LogP contribution in [0.25, 0.3) is 0 Å². The number of carbonyl (C=O) groups is 2. The predicted octanol–water partition coefficient (Wildman–Crippen LogP) is 1.28. The molecule has 0 spiro atoms. The van der Waals surface area contributed by atoms with Gasteiger partial charge in [-0.25, -0.2) is 0 Å². The van der Waals surface area contributed by atoms with Crippen LogP contribution in [0.1, 0.15) is 20.7 Å². The molecule has 0 bridgehead atoms. The Labute approximate surface area is 145 Å². The van der Waals surface area contributed by atoms with Crippen molar-refractivity contribution in [3.8, 4) is 0 Å². The summed E-state index contributed by atoms with van der Waals surface area (Å²) in [5, 5.41) is 5.81. The number of amides is 2. The molecule has 24 heavy (non-hydrogen) atoms. The van der Waals surface area contributed by atoms with E-state index in [4.69, 9.17) is 0 Å². The van der Waals surface area contributed by atoms with Gasteiger partial charge in [-0.1, -0.05) is 23.9 Å². The van der Waals surface area contributed by atoms with Crippen LogP contribution < -0.4 is 15.5 Å². The first-order chi connectivity index (χ1) is 11.5. The third-order valence-electron chi connectivity index (χ3n) is 3.75. The molecule has 0 aromatic heterocycles. The van der Waals surface area contributed by atoms with Crippen LogP contribution in [0.4, 0.5) is 5.69 Å². The maximum atomic E-state index is 12.4. The molecular formula is C18H20N3O2S+. The molecule has 3 N–H and O–H groups in total. The Balaban J connectivity index is 1.81. The third kappa shape index (κ3) is 3.60. The van der Waals surface area contributed by atoms with Gasteiger partial charge in [0.2, 0.25) is 0 Å². The molecule has 2 aromatic rings. The van der Waals surface area contributed by atoms with Crippen LogP contribution in [0.2, 0.25) is 0 Å². The zero-order valence-corrected chi connectivity index (χ0v) is 14.5. The molecule has 0 radical (unpaired) electrons. The van der Waals surface area contributed by atoms with E-state index >= 15 is 0 Å². The second-order valence-electron chi connectivity index (χ2n) is 5.98. The van der Waals surface area contributed by atoms with Gasteiger partial charge in [0.15, 0.2) is 0 Å². The van der Waals surface area contributed by atoms with E-state index in [-0.39, 0.29) is 11.8 Å². The fraction of sp³-hybridized carbons (Fsp3) is 0.222. The molecule has 6 heteroatoms. The number of quaternary nitrogens is 1. The lowest BCUT2D eigenvalue weighted by Gasteiger charge is -2.11. The largest absolute Gasteiger partial charge is 0.346 e. The molecule has 124 valence electrons. The summed E-state index contributed by atoms with van der Waals surface area (Å²) >= 11 is 1.53. The first kappa shape index (κ1) is 16.5. The van der Waals surface area contributed by atoms with Gasteiger partial charge in [-0.05, 0) is 30.3 Å². The second kappa shape index (κ2) is 7.07. The van der Waals surface area contributed by atoms with Gasteiger partial charge in [-0.3, -0.25) is 9.59 Å². The summed E-state index contributed by atoms with van der Waals surface area (Å²) in [6.07, 6.45) is 0. The Morgan fingerprint density at radius 1 is 1.17 bits per heavy atom. The van der Waals surface area contributed by atoms with Crippen LogP contribution in [-0.4, -0.2) is 39.0 Å². The first-order valence-corrected chi connectivity index (χ1v) is 8.66. The third-order valence-corrected chi connectivity index (χ3v) is 4.90. The molecule has 1 aliphatic heterocycles. The lowest BCUT2D eigenvalue weighted by atomic mass is 10.1. The summed E-state index contributed by atoms with van der Waals surface area (Å²) in [5.74, 6) is -0.273. The van der Waals surface area contributed by atoms with Crippen molar-refractivity contribution >= 4 is 29.3 Å². The Morgan fingerprint density at radius 2 is 1.96 bits per heavy atom. The van der Waals surface area contributed by atoms with Crippen molar-refractivity contribution in [3.05, 3.63) is 53.6 Å². The Bertz CT molecular complexity index is 790. The normalized spacial score (nSPS) is 12.9. The summed E-state index contributed by atoms with van der Waals surface area (Å²) < 4.78 is 0. The number of hydrogen-bond acceptors (Lipinski definition) is 3. The fourth-order valence-electron chi connectivity index (χ4n) is 2.44. The zero-order valence-electron chi connectivity index (χ0n) is 13.7. The van der Waals surface area contributed by atoms with Crippen LogP contribution in [-0.2, 0) is 0 Å². The van der Waals surface area contributed by atoms with Crippen molar-refractivity contribution in [2.75, 3.05) is 32.5 Å². The van der Waals surface area contributed by atoms with Crippen molar-refractivity contribution in [1.29, 1.82) is 0 Å². The van der Waals surface area contributed by atoms with Crippen LogP contribution in [0.3, 0.4) is 0 Å². The summed E-state index contributed by atoms with van der Waals surface area (Å²) in [5.41, 5.74) is 1.88. The number of nitrogens with one attached hydrogen (secondary N) is 3. The van der Waals surface area contributed by atoms with E-state index in [0.29, 0.717) is 23.4 Å². The highest BCUT2D eigenvalue weighted by molar-refractivity contribution is 7.99. The van der Waals surface area contributed by atoms with Crippen LogP contribution in [0.5, 0.6) is 0 Å². The average molecular weight is 342 g/mol. The topological polar surface area (TPSA) is 62.6 Å². The molecule has 1 aliphatic rings. The van der Waals surface area contributed by atoms with Gasteiger partial charge in [0, 0.05) is 15.4 Å². The van der Waals surface area contributed by atoms with E-state index in [1.165, 1.54) is 16.7 Å². The molecule has 0 unspecified atom stereocenters. The van der Waals surface area contributed by atoms with Gasteiger partial charge in [0.05, 0.1) is 38.4 Å². The molecule has 0 aliphatic carbocycles. The zero-order chi connectivity index (χ0) is 17.1. The molecule has 0 saturated carbocycles. The van der Waals surface area contributed by atoms with Crippen molar-refractivity contribution < 1.29 is 14.5 Å². The number of hydrogen-bond donors (Lipinski definition) is 3. The van der Waals surface area contributed by atoms with E-state index < -0.39 is 0 Å². The van der Waals surface area contributed by atoms with E-state index in [9.17, 15) is 9.59 Å². The molecular weight excluding hydrogens is 322 g/mol. The Morgan fingerprint density at radius 3 is 2.75 bits per heavy atom. The summed E-state index contributed by atoms with van der Waals surface area (Å²) in [6.45, 7) is 1.48. The maximum absolute atomic E-state index is 12.4. The quantitative estimate of drug-likeness (QED) is 0.784. The second-order valence-corrected chi connectivity index (χ2v) is 7.06. The minimum absolute atomic E-state index is 0.125. The lowest BCUT2D eigenvalue weighted by Crippen LogP contribution is -3.06. The average Bonchev–Trinajstić information content (AvgIpc) is 2.69. The number of fused-ring (bicyclic) bond motifs is 2. The van der Waals surface area contributed by atoms with Crippen molar-refractivity contribution in [1.82, 2.24) is 5.32 Å². The Kier molecular flexibility index (Phi) is 4.87. The highest BCUT2D eigenvalue weighted by atomic mass is 32.2. The van der Waals surface area contributed by atoms with Crippen LogP contribution in [0, 0.1) is 0 Å². The van der Waals surface area contributed by atoms with Gasteiger partial charge >= 0.3 is 0 Å². The van der Waals surface area contributed by atoms with Gasteiger partial charge in [0.1, 0.15) is 0 Å². The first-order valence-electron chi connectivity index (χ1n) is 7.84. The highest BCUT2D eigenvalue weighted by Gasteiger charge is 2.20. The van der Waals surface area contributed by atoms with Gasteiger partial charge < -0.3 is 15.5 Å². The monoisotopic (exact) mass is 342 g/mol. The smallest absolute Gasteiger partial charge is 0.256 e. The van der Waals surface area contributed by atoms with E-state index in [2.05, 4.69) is 10.6 Å². The molecule has 2 amide bonds. The van der Waals surface area contributed by atoms with E-state index in [0.717, 1.165) is 16.3 Å². The van der Waals surface area contributed by atoms with Gasteiger partial charge in [-0.15, -0.1) is 0 Å². The molecule has 0 atom stereocenters. The van der Waals surface area contributed by atoms with Crippen molar-refractivity contribution in [2.24, 2.45) is 0 Å². The number of likely N-dealkylation sites (N-methyl/N-ethyl adjacent to an activating group) is 1. The minimum atomic E-state index is -0.148. The lowest BCUT2D eigenvalue weighted by molar-refractivity contribution is -0.856. The van der Waals surface area contributed by atoms with Crippen molar-refractivity contribution in [3.63, 3.8) is 0 Å². The molecule has 5 nitrogen and oxygen atoms in total.